The fraction of sp³-hybridized carbons (Fsp3) is 0.500. The summed E-state index contributed by atoms with van der Waals surface area (Å²) in [6.45, 7) is 0.934. The van der Waals surface area contributed by atoms with Crippen LogP contribution in [0.4, 0.5) is 0 Å². The molecule has 0 radical (unpaired) electrons. The van der Waals surface area contributed by atoms with Gasteiger partial charge in [-0.25, -0.2) is 0 Å². The van der Waals surface area contributed by atoms with E-state index in [0.29, 0.717) is 13.1 Å². The quantitative estimate of drug-likeness (QED) is 0.649. The number of benzene rings is 1. The summed E-state index contributed by atoms with van der Waals surface area (Å²) >= 11 is 0. The first-order chi connectivity index (χ1) is 7.72. The second kappa shape index (κ2) is 4.93. The zero-order chi connectivity index (χ0) is 11.5. The average Bonchev–Trinajstić information content (AvgIpc) is 2.29. The van der Waals surface area contributed by atoms with Crippen molar-refractivity contribution in [3.05, 3.63) is 35.9 Å². The molecule has 4 nitrogen and oxygen atoms in total. The SMILES string of the molecule is OC[C@H](O)[C@@H]1[C@H](O)CN1Cc1ccccc1. The van der Waals surface area contributed by atoms with Gasteiger partial charge >= 0.3 is 0 Å². The van der Waals surface area contributed by atoms with Gasteiger partial charge in [0, 0.05) is 13.1 Å². The fourth-order valence-corrected chi connectivity index (χ4v) is 2.17. The van der Waals surface area contributed by atoms with Crippen LogP contribution in [0.2, 0.25) is 0 Å². The molecule has 4 heteroatoms. The van der Waals surface area contributed by atoms with Crippen molar-refractivity contribution < 1.29 is 15.3 Å². The smallest absolute Gasteiger partial charge is 0.0951 e. The highest BCUT2D eigenvalue weighted by Crippen LogP contribution is 2.23. The zero-order valence-corrected chi connectivity index (χ0v) is 9.03. The van der Waals surface area contributed by atoms with E-state index in [0.717, 1.165) is 5.56 Å². The predicted octanol–water partition coefficient (Wildman–Crippen LogP) is -0.415. The van der Waals surface area contributed by atoms with E-state index in [2.05, 4.69) is 0 Å². The second-order valence-corrected chi connectivity index (χ2v) is 4.22. The monoisotopic (exact) mass is 223 g/mol. The Labute approximate surface area is 94.8 Å². The Kier molecular flexibility index (Phi) is 3.56. The number of rotatable bonds is 4. The molecule has 0 amide bonds. The molecule has 0 saturated carbocycles. The number of hydrogen-bond acceptors (Lipinski definition) is 4. The van der Waals surface area contributed by atoms with Crippen molar-refractivity contribution in [1.29, 1.82) is 0 Å². The van der Waals surface area contributed by atoms with Crippen molar-refractivity contribution in [2.45, 2.75) is 24.8 Å². The first-order valence-corrected chi connectivity index (χ1v) is 5.47. The normalized spacial score (nSPS) is 27.4. The van der Waals surface area contributed by atoms with E-state index in [1.54, 1.807) is 0 Å². The minimum absolute atomic E-state index is 0.312. The standard InChI is InChI=1S/C12H17NO3/c14-8-11(16)12-10(15)7-13(12)6-9-4-2-1-3-5-9/h1-5,10-12,14-16H,6-8H2/t10-,11+,12+/m1/s1. The van der Waals surface area contributed by atoms with Crippen LogP contribution in [0.25, 0.3) is 0 Å². The highest BCUT2D eigenvalue weighted by atomic mass is 16.3. The van der Waals surface area contributed by atoms with Crippen LogP contribution < -0.4 is 0 Å². The van der Waals surface area contributed by atoms with Crippen molar-refractivity contribution in [3.63, 3.8) is 0 Å². The molecule has 0 aromatic heterocycles. The largest absolute Gasteiger partial charge is 0.394 e. The van der Waals surface area contributed by atoms with Gasteiger partial charge in [-0.2, -0.15) is 0 Å². The van der Waals surface area contributed by atoms with E-state index < -0.39 is 12.2 Å². The molecule has 1 aromatic carbocycles. The lowest BCUT2D eigenvalue weighted by Crippen LogP contribution is -2.65. The van der Waals surface area contributed by atoms with Crippen LogP contribution in [0.15, 0.2) is 30.3 Å². The van der Waals surface area contributed by atoms with E-state index in [1.165, 1.54) is 0 Å². The minimum atomic E-state index is -0.868. The summed E-state index contributed by atoms with van der Waals surface area (Å²) in [5.74, 6) is 0. The van der Waals surface area contributed by atoms with Gasteiger partial charge in [0.1, 0.15) is 0 Å². The second-order valence-electron chi connectivity index (χ2n) is 4.22. The van der Waals surface area contributed by atoms with Gasteiger partial charge in [-0.05, 0) is 5.56 Å². The summed E-state index contributed by atoms with van der Waals surface area (Å²) in [7, 11) is 0. The lowest BCUT2D eigenvalue weighted by atomic mass is 9.93. The van der Waals surface area contributed by atoms with E-state index in [9.17, 15) is 10.2 Å². The third kappa shape index (κ3) is 2.25. The highest BCUT2D eigenvalue weighted by Gasteiger charge is 2.41. The Morgan fingerprint density at radius 1 is 1.31 bits per heavy atom. The van der Waals surface area contributed by atoms with Crippen LogP contribution in [0.5, 0.6) is 0 Å². The van der Waals surface area contributed by atoms with Crippen molar-refractivity contribution >= 4 is 0 Å². The first kappa shape index (κ1) is 11.5. The van der Waals surface area contributed by atoms with Gasteiger partial charge in [-0.1, -0.05) is 30.3 Å². The molecule has 1 aliphatic rings. The van der Waals surface area contributed by atoms with Crippen LogP contribution in [-0.2, 0) is 6.54 Å². The summed E-state index contributed by atoms with van der Waals surface area (Å²) in [6.07, 6.45) is -1.40. The Bertz CT molecular complexity index is 330. The van der Waals surface area contributed by atoms with Gasteiger partial charge in [0.2, 0.25) is 0 Å². The molecule has 1 fully saturated rings. The van der Waals surface area contributed by atoms with Gasteiger partial charge in [0.15, 0.2) is 0 Å². The number of nitrogens with zero attached hydrogens (tertiary/aromatic N) is 1. The number of aliphatic hydroxyl groups is 3. The van der Waals surface area contributed by atoms with Crippen LogP contribution in [0.1, 0.15) is 5.56 Å². The Morgan fingerprint density at radius 2 is 2.00 bits per heavy atom. The first-order valence-electron chi connectivity index (χ1n) is 5.47. The van der Waals surface area contributed by atoms with Crippen molar-refractivity contribution in [2.75, 3.05) is 13.2 Å². The van der Waals surface area contributed by atoms with E-state index in [1.807, 2.05) is 35.2 Å². The van der Waals surface area contributed by atoms with Crippen molar-refractivity contribution in [2.24, 2.45) is 0 Å². The molecule has 0 bridgehead atoms. The minimum Gasteiger partial charge on any atom is -0.394 e. The number of aliphatic hydroxyl groups excluding tert-OH is 3. The zero-order valence-electron chi connectivity index (χ0n) is 9.03. The Balaban J connectivity index is 1.96. The van der Waals surface area contributed by atoms with Crippen LogP contribution >= 0.6 is 0 Å². The molecular formula is C12H17NO3. The molecule has 3 atom stereocenters. The van der Waals surface area contributed by atoms with Gasteiger partial charge in [-0.15, -0.1) is 0 Å². The number of β-amino-alcohol motifs (C(OH)–C–C–N with tert-alkyl or cyclic N) is 1. The summed E-state index contributed by atoms with van der Waals surface area (Å²) < 4.78 is 0. The van der Waals surface area contributed by atoms with Crippen molar-refractivity contribution in [3.8, 4) is 0 Å². The third-order valence-corrected chi connectivity index (χ3v) is 3.05. The maximum Gasteiger partial charge on any atom is 0.0951 e. The molecule has 0 aliphatic carbocycles. The topological polar surface area (TPSA) is 63.9 Å². The van der Waals surface area contributed by atoms with Crippen molar-refractivity contribution in [1.82, 2.24) is 4.90 Å². The molecule has 88 valence electrons. The molecular weight excluding hydrogens is 206 g/mol. The van der Waals surface area contributed by atoms with Gasteiger partial charge in [-0.3, -0.25) is 4.90 Å². The maximum atomic E-state index is 9.54. The predicted molar refractivity (Wildman–Crippen MR) is 59.7 cm³/mol. The molecule has 2 rings (SSSR count). The lowest BCUT2D eigenvalue weighted by Gasteiger charge is -2.47. The van der Waals surface area contributed by atoms with Crippen LogP contribution in [0.3, 0.4) is 0 Å². The summed E-state index contributed by atoms with van der Waals surface area (Å²) in [5, 5.41) is 28.0. The summed E-state index contributed by atoms with van der Waals surface area (Å²) in [5.41, 5.74) is 1.14. The molecule has 1 aromatic rings. The lowest BCUT2D eigenvalue weighted by molar-refractivity contribution is -0.127. The molecule has 1 aliphatic heterocycles. The van der Waals surface area contributed by atoms with E-state index in [-0.39, 0.29) is 12.6 Å². The number of likely N-dealkylation sites (tertiary alicyclic amines) is 1. The highest BCUT2D eigenvalue weighted by molar-refractivity contribution is 5.15. The molecule has 16 heavy (non-hydrogen) atoms. The van der Waals surface area contributed by atoms with E-state index >= 15 is 0 Å². The third-order valence-electron chi connectivity index (χ3n) is 3.05. The Hall–Kier alpha value is -0.940. The Morgan fingerprint density at radius 3 is 2.56 bits per heavy atom. The molecule has 0 spiro atoms. The maximum absolute atomic E-state index is 9.54. The molecule has 1 saturated heterocycles. The van der Waals surface area contributed by atoms with Crippen LogP contribution in [-0.4, -0.2) is 51.6 Å². The van der Waals surface area contributed by atoms with Gasteiger partial charge in [0.05, 0.1) is 24.9 Å². The average molecular weight is 223 g/mol. The van der Waals surface area contributed by atoms with Gasteiger partial charge in [0.25, 0.3) is 0 Å². The number of hydrogen-bond donors (Lipinski definition) is 3. The summed E-state index contributed by atoms with van der Waals surface area (Å²) in [6, 6.07) is 9.55. The molecule has 3 N–H and O–H groups in total. The van der Waals surface area contributed by atoms with Gasteiger partial charge < -0.3 is 15.3 Å². The fourth-order valence-electron chi connectivity index (χ4n) is 2.17. The molecule has 0 unspecified atom stereocenters. The molecule has 1 heterocycles. The van der Waals surface area contributed by atoms with E-state index in [4.69, 9.17) is 5.11 Å². The van der Waals surface area contributed by atoms with Crippen LogP contribution in [0, 0.1) is 0 Å². The summed E-state index contributed by atoms with van der Waals surface area (Å²) in [4.78, 5) is 1.97.